The van der Waals surface area contributed by atoms with Crippen molar-refractivity contribution in [1.29, 1.82) is 5.26 Å². The lowest BCUT2D eigenvalue weighted by Crippen LogP contribution is -2.27. The maximum atomic E-state index is 12.8. The van der Waals surface area contributed by atoms with Crippen molar-refractivity contribution in [2.45, 2.75) is 26.4 Å². The van der Waals surface area contributed by atoms with Crippen LogP contribution in [-0.4, -0.2) is 21.2 Å². The molecule has 0 spiro atoms. The fourth-order valence-electron chi connectivity index (χ4n) is 2.58. The number of H-pyrrole nitrogens is 1. The second kappa shape index (κ2) is 5.95. The molecule has 2 aromatic heterocycles. The highest BCUT2D eigenvalue weighted by molar-refractivity contribution is 5.96. The van der Waals surface area contributed by atoms with Gasteiger partial charge in [-0.15, -0.1) is 0 Å². The van der Waals surface area contributed by atoms with Crippen LogP contribution in [0, 0.1) is 11.3 Å². The van der Waals surface area contributed by atoms with Crippen molar-refractivity contribution >= 4 is 17.0 Å². The summed E-state index contributed by atoms with van der Waals surface area (Å²) in [5, 5.41) is 9.81. The van der Waals surface area contributed by atoms with E-state index >= 15 is 0 Å². The first kappa shape index (κ1) is 16.5. The van der Waals surface area contributed by atoms with E-state index in [1.165, 1.54) is 10.6 Å². The number of hydrogen-bond donors (Lipinski definition) is 1. The Balaban J connectivity index is 2.27. The Labute approximate surface area is 144 Å². The van der Waals surface area contributed by atoms with Crippen molar-refractivity contribution in [3.05, 3.63) is 58.4 Å². The molecule has 0 aliphatic rings. The summed E-state index contributed by atoms with van der Waals surface area (Å²) in [6.45, 7) is 5.36. The van der Waals surface area contributed by atoms with Gasteiger partial charge in [-0.1, -0.05) is 6.07 Å². The summed E-state index contributed by atoms with van der Waals surface area (Å²) in [6, 6.07) is 13.6. The van der Waals surface area contributed by atoms with Crippen LogP contribution in [0.25, 0.3) is 22.3 Å². The molecule has 126 valence electrons. The van der Waals surface area contributed by atoms with Crippen LogP contribution in [0.2, 0.25) is 0 Å². The van der Waals surface area contributed by atoms with Crippen molar-refractivity contribution in [2.24, 2.45) is 0 Å². The number of ether oxygens (including phenoxy) is 1. The number of fused-ring (bicyclic) bond motifs is 1. The third-order valence-corrected chi connectivity index (χ3v) is 3.55. The lowest BCUT2D eigenvalue weighted by Gasteiger charge is -2.21. The van der Waals surface area contributed by atoms with Crippen LogP contribution in [0.3, 0.4) is 0 Å². The number of nitrogens with one attached hydrogen (secondary N) is 1. The Morgan fingerprint density at radius 3 is 2.60 bits per heavy atom. The summed E-state index contributed by atoms with van der Waals surface area (Å²) in [5.41, 5.74) is 1.15. The largest absolute Gasteiger partial charge is 0.443 e. The number of nitrogens with zero attached hydrogens (tertiary/aromatic N) is 2. The van der Waals surface area contributed by atoms with Crippen LogP contribution < -0.4 is 5.56 Å². The Morgan fingerprint density at radius 1 is 1.20 bits per heavy atom. The minimum Gasteiger partial charge on any atom is -0.443 e. The van der Waals surface area contributed by atoms with E-state index in [1.54, 1.807) is 57.2 Å². The summed E-state index contributed by atoms with van der Waals surface area (Å²) in [5.74, 6) is 0. The van der Waals surface area contributed by atoms with Crippen molar-refractivity contribution < 1.29 is 9.53 Å². The van der Waals surface area contributed by atoms with Crippen LogP contribution in [-0.2, 0) is 4.74 Å². The van der Waals surface area contributed by atoms with Crippen LogP contribution >= 0.6 is 0 Å². The van der Waals surface area contributed by atoms with E-state index < -0.39 is 11.7 Å². The maximum Gasteiger partial charge on any atom is 0.419 e. The third-order valence-electron chi connectivity index (χ3n) is 3.55. The molecule has 0 amide bonds. The van der Waals surface area contributed by atoms with Gasteiger partial charge in [-0.2, -0.15) is 5.26 Å². The number of aromatic nitrogens is 2. The summed E-state index contributed by atoms with van der Waals surface area (Å²) in [4.78, 5) is 27.1. The predicted octanol–water partition coefficient (Wildman–Crippen LogP) is 3.65. The highest BCUT2D eigenvalue weighted by Crippen LogP contribution is 2.28. The lowest BCUT2D eigenvalue weighted by molar-refractivity contribution is 0.0547. The van der Waals surface area contributed by atoms with Crippen molar-refractivity contribution in [3.63, 3.8) is 0 Å². The Hall–Kier alpha value is -3.33. The van der Waals surface area contributed by atoms with Crippen LogP contribution in [0.5, 0.6) is 0 Å². The first-order valence-corrected chi connectivity index (χ1v) is 7.77. The van der Waals surface area contributed by atoms with Crippen molar-refractivity contribution in [1.82, 2.24) is 9.55 Å². The maximum absolute atomic E-state index is 12.8. The van der Waals surface area contributed by atoms with E-state index in [0.717, 1.165) is 0 Å². The molecule has 0 saturated carbocycles. The molecule has 0 aliphatic heterocycles. The van der Waals surface area contributed by atoms with Gasteiger partial charge in [0.15, 0.2) is 0 Å². The van der Waals surface area contributed by atoms with Gasteiger partial charge in [0.2, 0.25) is 5.56 Å². The van der Waals surface area contributed by atoms with E-state index in [9.17, 15) is 9.59 Å². The van der Waals surface area contributed by atoms with Gasteiger partial charge < -0.3 is 9.72 Å². The van der Waals surface area contributed by atoms with Crippen LogP contribution in [0.4, 0.5) is 4.79 Å². The van der Waals surface area contributed by atoms with Gasteiger partial charge in [-0.05, 0) is 51.1 Å². The second-order valence-electron chi connectivity index (χ2n) is 6.66. The molecule has 0 bridgehead atoms. The van der Waals surface area contributed by atoms with Gasteiger partial charge in [0.05, 0.1) is 28.5 Å². The Morgan fingerprint density at radius 2 is 1.96 bits per heavy atom. The van der Waals surface area contributed by atoms with E-state index in [0.29, 0.717) is 27.9 Å². The number of nitriles is 1. The summed E-state index contributed by atoms with van der Waals surface area (Å²) < 4.78 is 6.92. The van der Waals surface area contributed by atoms with Gasteiger partial charge in [0.25, 0.3) is 0 Å². The normalized spacial score (nSPS) is 11.3. The van der Waals surface area contributed by atoms with Gasteiger partial charge in [-0.25, -0.2) is 9.36 Å². The predicted molar refractivity (Wildman–Crippen MR) is 94.3 cm³/mol. The highest BCUT2D eigenvalue weighted by Gasteiger charge is 2.23. The summed E-state index contributed by atoms with van der Waals surface area (Å²) >= 11 is 0. The number of hydrogen-bond acceptors (Lipinski definition) is 4. The fourth-order valence-corrected chi connectivity index (χ4v) is 2.58. The first-order valence-electron chi connectivity index (χ1n) is 7.77. The molecule has 3 rings (SSSR count). The zero-order valence-electron chi connectivity index (χ0n) is 14.2. The van der Waals surface area contributed by atoms with E-state index in [2.05, 4.69) is 11.1 Å². The topological polar surface area (TPSA) is 87.9 Å². The first-order chi connectivity index (χ1) is 11.8. The minimum absolute atomic E-state index is 0.267. The zero-order chi connectivity index (χ0) is 18.2. The molecule has 0 saturated heterocycles. The minimum atomic E-state index is -0.665. The quantitative estimate of drug-likeness (QED) is 0.735. The van der Waals surface area contributed by atoms with Gasteiger partial charge in [-0.3, -0.25) is 4.79 Å². The average Bonchev–Trinajstić information content (AvgIpc) is 2.91. The summed E-state index contributed by atoms with van der Waals surface area (Å²) in [6.07, 6.45) is -0.549. The molecule has 6 heteroatoms. The lowest BCUT2D eigenvalue weighted by atomic mass is 10.1. The molecule has 0 radical (unpaired) electrons. The molecule has 25 heavy (non-hydrogen) atoms. The summed E-state index contributed by atoms with van der Waals surface area (Å²) in [7, 11) is 0. The Bertz CT molecular complexity index is 1060. The van der Waals surface area contributed by atoms with Crippen LogP contribution in [0.1, 0.15) is 26.3 Å². The number of rotatable bonds is 1. The molecular weight excluding hydrogens is 318 g/mol. The molecule has 0 unspecified atom stereocenters. The Kier molecular flexibility index (Phi) is 3.93. The number of aromatic amines is 1. The molecule has 0 fully saturated rings. The molecule has 1 N–H and O–H groups in total. The molecule has 2 heterocycles. The van der Waals surface area contributed by atoms with E-state index in [1.807, 2.05) is 0 Å². The fraction of sp³-hybridized carbons (Fsp3) is 0.211. The molecule has 3 aromatic rings. The van der Waals surface area contributed by atoms with Gasteiger partial charge >= 0.3 is 6.09 Å². The zero-order valence-corrected chi connectivity index (χ0v) is 14.2. The van der Waals surface area contributed by atoms with E-state index in [-0.39, 0.29) is 5.56 Å². The average molecular weight is 335 g/mol. The molecular formula is C19H17N3O3. The molecule has 6 nitrogen and oxygen atoms in total. The van der Waals surface area contributed by atoms with E-state index in [4.69, 9.17) is 10.00 Å². The highest BCUT2D eigenvalue weighted by atomic mass is 16.6. The molecule has 1 aromatic carbocycles. The standard InChI is InChI=1S/C19H17N3O3/c1-19(2,3)25-18(24)22-15-8-7-12(11-20)9-13(15)10-16(22)14-5-4-6-17(23)21-14/h4-10H,1-3H3,(H,21,23). The van der Waals surface area contributed by atoms with Gasteiger partial charge in [0, 0.05) is 11.5 Å². The number of carbonyl (C=O) groups is 1. The van der Waals surface area contributed by atoms with Crippen LogP contribution in [0.15, 0.2) is 47.3 Å². The molecule has 0 aliphatic carbocycles. The number of benzene rings is 1. The smallest absolute Gasteiger partial charge is 0.419 e. The number of pyridine rings is 1. The third kappa shape index (κ3) is 3.31. The van der Waals surface area contributed by atoms with Crippen molar-refractivity contribution in [2.75, 3.05) is 0 Å². The molecule has 0 atom stereocenters. The second-order valence-corrected chi connectivity index (χ2v) is 6.66. The SMILES string of the molecule is CC(C)(C)OC(=O)n1c(-c2cccc(=O)[nH]2)cc2cc(C#N)ccc21. The monoisotopic (exact) mass is 335 g/mol. The number of carbonyl (C=O) groups excluding carboxylic acids is 1. The van der Waals surface area contributed by atoms with Gasteiger partial charge in [0.1, 0.15) is 5.60 Å². The van der Waals surface area contributed by atoms with Crippen molar-refractivity contribution in [3.8, 4) is 17.5 Å².